The quantitative estimate of drug-likeness (QED) is 0.252. The number of carbonyl (C=O) groups is 1. The zero-order chi connectivity index (χ0) is 29.0. The molecule has 4 rings (SSSR count). The summed E-state index contributed by atoms with van der Waals surface area (Å²) in [5.41, 5.74) is 0.832. The van der Waals surface area contributed by atoms with Gasteiger partial charge in [0.15, 0.2) is 8.32 Å². The number of hydrogen-bond donors (Lipinski definition) is 2. The standard InChI is InChI=1S/C32H46O6Si/c1-20-23-18-24(33)22-16-13-17-25(36-7)27(22)28(37-29(34)21-14-11-10-12-15-21)32(35,31(23,5)6)19-26(20)38-39(8,9)30(2,3)4/h10-12,14-17,24,26-28,33,35H,13,18-19H2,1-9H3/t24-,26-,27+,28-,32+/m0/s1. The lowest BCUT2D eigenvalue weighted by atomic mass is 9.54. The summed E-state index contributed by atoms with van der Waals surface area (Å²) < 4.78 is 19.1. The van der Waals surface area contributed by atoms with Gasteiger partial charge in [0.25, 0.3) is 0 Å². The van der Waals surface area contributed by atoms with Gasteiger partial charge in [-0.3, -0.25) is 0 Å². The summed E-state index contributed by atoms with van der Waals surface area (Å²) in [5.74, 6) is -0.544. The van der Waals surface area contributed by atoms with Gasteiger partial charge in [-0.25, -0.2) is 4.79 Å². The molecular formula is C32H46O6Si. The molecule has 1 aromatic carbocycles. The van der Waals surface area contributed by atoms with E-state index in [1.807, 2.05) is 32.1 Å². The predicted octanol–water partition coefficient (Wildman–Crippen LogP) is 6.32. The topological polar surface area (TPSA) is 85.2 Å². The molecule has 2 N–H and O–H groups in total. The van der Waals surface area contributed by atoms with Crippen molar-refractivity contribution in [3.05, 3.63) is 70.5 Å². The smallest absolute Gasteiger partial charge is 0.338 e. The Bertz CT molecular complexity index is 1190. The summed E-state index contributed by atoms with van der Waals surface area (Å²) >= 11 is 0. The predicted molar refractivity (Wildman–Crippen MR) is 156 cm³/mol. The molecule has 39 heavy (non-hydrogen) atoms. The van der Waals surface area contributed by atoms with Crippen LogP contribution in [-0.4, -0.2) is 55.5 Å². The molecule has 6 nitrogen and oxygen atoms in total. The molecule has 0 amide bonds. The average Bonchev–Trinajstić information content (AvgIpc) is 2.87. The molecule has 1 aromatic rings. The Hall–Kier alpha value is -2.19. The first-order valence-corrected chi connectivity index (χ1v) is 16.9. The van der Waals surface area contributed by atoms with Crippen molar-refractivity contribution in [3.8, 4) is 0 Å². The maximum atomic E-state index is 13.6. The number of aliphatic hydroxyl groups is 2. The van der Waals surface area contributed by atoms with Gasteiger partial charge in [0.05, 0.1) is 30.8 Å². The van der Waals surface area contributed by atoms with Crippen molar-refractivity contribution in [3.63, 3.8) is 0 Å². The van der Waals surface area contributed by atoms with Gasteiger partial charge in [-0.05, 0) is 67.3 Å². The normalized spacial score (nSPS) is 30.8. The molecule has 0 heterocycles. The third kappa shape index (κ3) is 5.07. The number of allylic oxidation sites excluding steroid dienone is 2. The van der Waals surface area contributed by atoms with E-state index >= 15 is 0 Å². The second-order valence-corrected chi connectivity index (χ2v) is 18.2. The third-order valence-electron chi connectivity index (χ3n) is 9.91. The fraction of sp³-hybridized carbons (Fsp3) is 0.594. The van der Waals surface area contributed by atoms with Gasteiger partial charge in [0.2, 0.25) is 0 Å². The zero-order valence-corrected chi connectivity index (χ0v) is 26.0. The molecule has 7 heteroatoms. The fourth-order valence-corrected chi connectivity index (χ4v) is 7.63. The van der Waals surface area contributed by atoms with Crippen molar-refractivity contribution in [2.24, 2.45) is 11.3 Å². The zero-order valence-electron chi connectivity index (χ0n) is 25.0. The Balaban J connectivity index is 1.91. The number of fused-ring (bicyclic) bond motifs is 3. The highest BCUT2D eigenvalue weighted by atomic mass is 28.4. The van der Waals surface area contributed by atoms with Crippen molar-refractivity contribution in [2.45, 2.75) is 103 Å². The van der Waals surface area contributed by atoms with Crippen LogP contribution in [0.5, 0.6) is 0 Å². The van der Waals surface area contributed by atoms with Crippen LogP contribution in [-0.2, 0) is 13.9 Å². The number of ether oxygens (including phenoxy) is 2. The SMILES string of the molecule is COC1=CCC=C2[C@H]1[C@H](OC(=O)c1ccccc1)[C@]1(O)C[C@H](O[Si](C)(C)C(C)(C)C)C(C)=C(C[C@@H]2O)C1(C)C. The number of esters is 1. The van der Waals surface area contributed by atoms with Gasteiger partial charge in [0.1, 0.15) is 17.5 Å². The number of rotatable bonds is 5. The van der Waals surface area contributed by atoms with Crippen molar-refractivity contribution < 1.29 is 28.9 Å². The Morgan fingerprint density at radius 2 is 1.74 bits per heavy atom. The van der Waals surface area contributed by atoms with Crippen molar-refractivity contribution in [1.82, 2.24) is 0 Å². The van der Waals surface area contributed by atoms with E-state index in [1.54, 1.807) is 31.4 Å². The van der Waals surface area contributed by atoms with E-state index in [0.717, 1.165) is 16.7 Å². The number of benzene rings is 1. The first-order chi connectivity index (χ1) is 18.0. The lowest BCUT2D eigenvalue weighted by Gasteiger charge is -2.58. The molecule has 214 valence electrons. The summed E-state index contributed by atoms with van der Waals surface area (Å²) in [6, 6.07) is 8.84. The van der Waals surface area contributed by atoms with E-state index in [-0.39, 0.29) is 17.6 Å². The number of aliphatic hydroxyl groups excluding tert-OH is 1. The lowest BCUT2D eigenvalue weighted by molar-refractivity contribution is -0.178. The van der Waals surface area contributed by atoms with Crippen LogP contribution in [0.15, 0.2) is 65.0 Å². The minimum absolute atomic E-state index is 0.0283. The lowest BCUT2D eigenvalue weighted by Crippen LogP contribution is -2.65. The summed E-state index contributed by atoms with van der Waals surface area (Å²) in [6.07, 6.45) is 2.97. The maximum absolute atomic E-state index is 13.6. The van der Waals surface area contributed by atoms with Crippen LogP contribution in [0.25, 0.3) is 0 Å². The van der Waals surface area contributed by atoms with Gasteiger partial charge >= 0.3 is 5.97 Å². The van der Waals surface area contributed by atoms with Gasteiger partial charge < -0.3 is 24.1 Å². The van der Waals surface area contributed by atoms with Crippen molar-refractivity contribution in [2.75, 3.05) is 7.11 Å². The van der Waals surface area contributed by atoms with Crippen LogP contribution in [0.3, 0.4) is 0 Å². The Labute approximate surface area is 234 Å². The monoisotopic (exact) mass is 554 g/mol. The molecule has 3 aliphatic rings. The van der Waals surface area contributed by atoms with E-state index in [4.69, 9.17) is 13.9 Å². The van der Waals surface area contributed by atoms with Crippen molar-refractivity contribution in [1.29, 1.82) is 0 Å². The molecule has 0 aromatic heterocycles. The third-order valence-corrected chi connectivity index (χ3v) is 14.4. The summed E-state index contributed by atoms with van der Waals surface area (Å²) in [5, 5.41) is 24.6. The highest BCUT2D eigenvalue weighted by Gasteiger charge is 2.63. The maximum Gasteiger partial charge on any atom is 0.338 e. The average molecular weight is 555 g/mol. The number of carbonyl (C=O) groups excluding carboxylic acids is 1. The molecule has 0 spiro atoms. The summed E-state index contributed by atoms with van der Waals surface area (Å²) in [7, 11) is -0.644. The van der Waals surface area contributed by atoms with E-state index in [1.165, 1.54) is 0 Å². The molecular weight excluding hydrogens is 508 g/mol. The van der Waals surface area contributed by atoms with Crippen LogP contribution in [0, 0.1) is 11.3 Å². The molecule has 3 aliphatic carbocycles. The Kier molecular flexibility index (Phi) is 7.89. The largest absolute Gasteiger partial charge is 0.501 e. The van der Waals surface area contributed by atoms with Crippen LogP contribution < -0.4 is 0 Å². The van der Waals surface area contributed by atoms with Crippen molar-refractivity contribution >= 4 is 14.3 Å². The highest BCUT2D eigenvalue weighted by Crippen LogP contribution is 2.57. The summed E-state index contributed by atoms with van der Waals surface area (Å²) in [4.78, 5) is 13.6. The van der Waals surface area contributed by atoms with Crippen LogP contribution >= 0.6 is 0 Å². The fourth-order valence-electron chi connectivity index (χ4n) is 6.31. The first-order valence-electron chi connectivity index (χ1n) is 14.0. The van der Waals surface area contributed by atoms with E-state index < -0.39 is 43.4 Å². The van der Waals surface area contributed by atoms with Crippen LogP contribution in [0.1, 0.15) is 71.2 Å². The molecule has 1 saturated carbocycles. The molecule has 0 radical (unpaired) electrons. The molecule has 0 aliphatic heterocycles. The van der Waals surface area contributed by atoms with E-state index in [0.29, 0.717) is 24.2 Å². The summed E-state index contributed by atoms with van der Waals surface area (Å²) in [6.45, 7) is 17.1. The van der Waals surface area contributed by atoms with Gasteiger partial charge in [-0.1, -0.05) is 64.5 Å². The molecule has 0 unspecified atom stereocenters. The van der Waals surface area contributed by atoms with E-state index in [2.05, 4.69) is 40.8 Å². The molecule has 0 saturated heterocycles. The highest BCUT2D eigenvalue weighted by molar-refractivity contribution is 6.74. The Morgan fingerprint density at radius 1 is 1.10 bits per heavy atom. The van der Waals surface area contributed by atoms with Crippen LogP contribution in [0.2, 0.25) is 18.1 Å². The van der Waals surface area contributed by atoms with E-state index in [9.17, 15) is 15.0 Å². The minimum Gasteiger partial charge on any atom is -0.501 e. The number of methoxy groups -OCH3 is 1. The van der Waals surface area contributed by atoms with Gasteiger partial charge in [-0.2, -0.15) is 0 Å². The Morgan fingerprint density at radius 3 is 2.33 bits per heavy atom. The minimum atomic E-state index is -2.23. The second-order valence-electron chi connectivity index (χ2n) is 13.4. The van der Waals surface area contributed by atoms with Gasteiger partial charge in [0, 0.05) is 11.8 Å². The number of hydrogen-bond acceptors (Lipinski definition) is 6. The second kappa shape index (κ2) is 10.3. The molecule has 2 bridgehead atoms. The molecule has 5 atom stereocenters. The first kappa shape index (κ1) is 29.8. The van der Waals surface area contributed by atoms with Crippen LogP contribution in [0.4, 0.5) is 0 Å². The molecule has 1 fully saturated rings. The van der Waals surface area contributed by atoms with Gasteiger partial charge in [-0.15, -0.1) is 0 Å².